The maximum Gasteiger partial charge on any atom is 0.228 e. The molecule has 1 heterocycles. The van der Waals surface area contributed by atoms with Crippen LogP contribution in [0.4, 0.5) is 5.69 Å². The maximum absolute atomic E-state index is 12.4. The zero-order valence-corrected chi connectivity index (χ0v) is 11.7. The third-order valence-corrected chi connectivity index (χ3v) is 5.56. The Labute approximate surface area is 117 Å². The van der Waals surface area contributed by atoms with Gasteiger partial charge in [0.1, 0.15) is 5.15 Å². The van der Waals surface area contributed by atoms with Gasteiger partial charge in [-0.15, -0.1) is 0 Å². The van der Waals surface area contributed by atoms with Crippen LogP contribution < -0.4 is 5.32 Å². The molecule has 1 N–H and O–H groups in total. The Balaban J connectivity index is 1.48. The van der Waals surface area contributed by atoms with Gasteiger partial charge in [0.15, 0.2) is 0 Å². The summed E-state index contributed by atoms with van der Waals surface area (Å²) < 4.78 is 0. The summed E-state index contributed by atoms with van der Waals surface area (Å²) in [5.41, 5.74) is 1.58. The fraction of sp³-hybridized carbons (Fsp3) is 0.600. The molecule has 4 rings (SSSR count). The Bertz CT molecular complexity index is 543. The standard InChI is InChI=1S/C15H17ClN2O/c1-7-10(4-5-11(16)17-7)18-15(19)14-12-8-2-3-9(6-8)13(12)14/h4-5,8-9,12-14H,2-3,6H2,1H3,(H,18,19). The molecule has 1 aromatic heterocycles. The molecule has 19 heavy (non-hydrogen) atoms. The molecule has 3 fully saturated rings. The van der Waals surface area contributed by atoms with E-state index < -0.39 is 0 Å². The van der Waals surface area contributed by atoms with Crippen LogP contribution in [0.3, 0.4) is 0 Å². The van der Waals surface area contributed by atoms with E-state index in [0.29, 0.717) is 17.0 Å². The molecule has 0 aliphatic heterocycles. The molecule has 0 spiro atoms. The van der Waals surface area contributed by atoms with Gasteiger partial charge in [-0.05, 0) is 62.0 Å². The third-order valence-electron chi connectivity index (χ3n) is 5.35. The molecule has 100 valence electrons. The molecule has 4 unspecified atom stereocenters. The Kier molecular flexibility index (Phi) is 2.44. The minimum atomic E-state index is 0.193. The van der Waals surface area contributed by atoms with Gasteiger partial charge in [0.05, 0.1) is 11.4 Å². The number of amides is 1. The largest absolute Gasteiger partial charge is 0.324 e. The van der Waals surface area contributed by atoms with E-state index >= 15 is 0 Å². The first-order chi connectivity index (χ1) is 9.15. The van der Waals surface area contributed by atoms with Crippen molar-refractivity contribution in [3.63, 3.8) is 0 Å². The number of anilines is 1. The van der Waals surface area contributed by atoms with Gasteiger partial charge in [0.2, 0.25) is 5.91 Å². The van der Waals surface area contributed by atoms with E-state index in [9.17, 15) is 4.79 Å². The van der Waals surface area contributed by atoms with Crippen LogP contribution in [0.1, 0.15) is 25.0 Å². The molecule has 0 saturated heterocycles. The Hall–Kier alpha value is -1.09. The van der Waals surface area contributed by atoms with Crippen LogP contribution in [0.5, 0.6) is 0 Å². The van der Waals surface area contributed by atoms with Crippen molar-refractivity contribution in [1.82, 2.24) is 4.98 Å². The van der Waals surface area contributed by atoms with Crippen LogP contribution in [0, 0.1) is 36.5 Å². The highest BCUT2D eigenvalue weighted by Gasteiger charge is 2.67. The summed E-state index contributed by atoms with van der Waals surface area (Å²) in [5.74, 6) is 3.48. The van der Waals surface area contributed by atoms with Crippen LogP contribution in [0.2, 0.25) is 5.15 Å². The van der Waals surface area contributed by atoms with Crippen molar-refractivity contribution in [1.29, 1.82) is 0 Å². The minimum absolute atomic E-state index is 0.193. The Morgan fingerprint density at radius 1 is 1.32 bits per heavy atom. The second-order valence-electron chi connectivity index (χ2n) is 6.27. The summed E-state index contributed by atoms with van der Waals surface area (Å²) >= 11 is 5.83. The number of hydrogen-bond donors (Lipinski definition) is 1. The fourth-order valence-corrected chi connectivity index (χ4v) is 4.74. The first-order valence-corrected chi connectivity index (χ1v) is 7.47. The SMILES string of the molecule is Cc1nc(Cl)ccc1NC(=O)C1C2C3CCC(C3)C12. The molecule has 3 aliphatic carbocycles. The highest BCUT2D eigenvalue weighted by atomic mass is 35.5. The van der Waals surface area contributed by atoms with E-state index in [-0.39, 0.29) is 11.8 Å². The van der Waals surface area contributed by atoms with E-state index in [1.54, 1.807) is 6.07 Å². The van der Waals surface area contributed by atoms with Crippen LogP contribution in [-0.2, 0) is 4.79 Å². The second kappa shape index (κ2) is 3.95. The van der Waals surface area contributed by atoms with Gasteiger partial charge in [-0.1, -0.05) is 11.6 Å². The molecule has 3 saturated carbocycles. The number of rotatable bonds is 2. The number of carbonyl (C=O) groups excluding carboxylic acids is 1. The maximum atomic E-state index is 12.4. The summed E-state index contributed by atoms with van der Waals surface area (Å²) in [4.78, 5) is 16.5. The molecular formula is C15H17ClN2O. The lowest BCUT2D eigenvalue weighted by Crippen LogP contribution is -2.19. The number of fused-ring (bicyclic) bond motifs is 5. The molecule has 0 aromatic carbocycles. The molecule has 4 heteroatoms. The molecule has 1 aromatic rings. The van der Waals surface area contributed by atoms with E-state index in [2.05, 4.69) is 10.3 Å². The lowest BCUT2D eigenvalue weighted by molar-refractivity contribution is -0.118. The number of aromatic nitrogens is 1. The van der Waals surface area contributed by atoms with Crippen molar-refractivity contribution >= 4 is 23.2 Å². The zero-order chi connectivity index (χ0) is 13.1. The van der Waals surface area contributed by atoms with Gasteiger partial charge in [-0.25, -0.2) is 4.98 Å². The van der Waals surface area contributed by atoms with Gasteiger partial charge >= 0.3 is 0 Å². The molecule has 2 bridgehead atoms. The van der Waals surface area contributed by atoms with Gasteiger partial charge < -0.3 is 5.32 Å². The number of halogens is 1. The number of pyridine rings is 1. The second-order valence-corrected chi connectivity index (χ2v) is 6.66. The number of carbonyl (C=O) groups is 1. The summed E-state index contributed by atoms with van der Waals surface area (Å²) in [6.45, 7) is 1.87. The van der Waals surface area contributed by atoms with E-state index in [1.165, 1.54) is 19.3 Å². The monoisotopic (exact) mass is 276 g/mol. The first-order valence-electron chi connectivity index (χ1n) is 7.09. The van der Waals surface area contributed by atoms with Crippen LogP contribution in [0.15, 0.2) is 12.1 Å². The lowest BCUT2D eigenvalue weighted by Gasteiger charge is -2.11. The van der Waals surface area contributed by atoms with Crippen molar-refractivity contribution in [3.8, 4) is 0 Å². The predicted octanol–water partition coefficient (Wildman–Crippen LogP) is 3.27. The van der Waals surface area contributed by atoms with Crippen molar-refractivity contribution in [2.45, 2.75) is 26.2 Å². The summed E-state index contributed by atoms with van der Waals surface area (Å²) in [7, 11) is 0. The Morgan fingerprint density at radius 2 is 2.00 bits per heavy atom. The van der Waals surface area contributed by atoms with Gasteiger partial charge in [0, 0.05) is 5.92 Å². The van der Waals surface area contributed by atoms with Gasteiger partial charge in [-0.2, -0.15) is 0 Å². The predicted molar refractivity (Wildman–Crippen MR) is 73.9 cm³/mol. The summed E-state index contributed by atoms with van der Waals surface area (Å²) in [6.07, 6.45) is 4.06. The van der Waals surface area contributed by atoms with Crippen molar-refractivity contribution in [2.24, 2.45) is 29.6 Å². The van der Waals surface area contributed by atoms with E-state index in [4.69, 9.17) is 11.6 Å². The number of hydrogen-bond acceptors (Lipinski definition) is 2. The molecule has 3 nitrogen and oxygen atoms in total. The molecule has 3 aliphatic rings. The number of aryl methyl sites for hydroxylation is 1. The fourth-order valence-electron chi connectivity index (χ4n) is 4.55. The topological polar surface area (TPSA) is 42.0 Å². The van der Waals surface area contributed by atoms with Crippen molar-refractivity contribution < 1.29 is 4.79 Å². The smallest absolute Gasteiger partial charge is 0.228 e. The minimum Gasteiger partial charge on any atom is -0.324 e. The third kappa shape index (κ3) is 1.71. The average molecular weight is 277 g/mol. The Morgan fingerprint density at radius 3 is 2.63 bits per heavy atom. The van der Waals surface area contributed by atoms with Gasteiger partial charge in [0.25, 0.3) is 0 Å². The zero-order valence-electron chi connectivity index (χ0n) is 10.9. The van der Waals surface area contributed by atoms with Crippen LogP contribution in [-0.4, -0.2) is 10.9 Å². The van der Waals surface area contributed by atoms with Crippen LogP contribution >= 0.6 is 11.6 Å². The quantitative estimate of drug-likeness (QED) is 0.843. The highest BCUT2D eigenvalue weighted by molar-refractivity contribution is 6.29. The van der Waals surface area contributed by atoms with Gasteiger partial charge in [-0.3, -0.25) is 4.79 Å². The van der Waals surface area contributed by atoms with Crippen molar-refractivity contribution in [2.75, 3.05) is 5.32 Å². The first kappa shape index (κ1) is 11.7. The highest BCUT2D eigenvalue weighted by Crippen LogP contribution is 2.69. The molecule has 4 atom stereocenters. The normalized spacial score (nSPS) is 38.1. The lowest BCUT2D eigenvalue weighted by atomic mass is 10.0. The van der Waals surface area contributed by atoms with E-state index in [0.717, 1.165) is 23.2 Å². The molecular weight excluding hydrogens is 260 g/mol. The summed E-state index contributed by atoms with van der Waals surface area (Å²) in [5, 5.41) is 3.51. The summed E-state index contributed by atoms with van der Waals surface area (Å²) in [6, 6.07) is 3.57. The van der Waals surface area contributed by atoms with Crippen LogP contribution in [0.25, 0.3) is 0 Å². The molecule has 0 radical (unpaired) electrons. The van der Waals surface area contributed by atoms with Crippen molar-refractivity contribution in [3.05, 3.63) is 23.0 Å². The number of nitrogens with one attached hydrogen (secondary N) is 1. The number of nitrogens with zero attached hydrogens (tertiary/aromatic N) is 1. The van der Waals surface area contributed by atoms with E-state index in [1.807, 2.05) is 13.0 Å². The average Bonchev–Trinajstić information content (AvgIpc) is 2.82. The molecule has 1 amide bonds.